The van der Waals surface area contributed by atoms with E-state index in [0.29, 0.717) is 23.4 Å². The van der Waals surface area contributed by atoms with Crippen molar-refractivity contribution in [2.24, 2.45) is 5.92 Å². The first-order chi connectivity index (χ1) is 10.1. The van der Waals surface area contributed by atoms with E-state index in [4.69, 9.17) is 10.5 Å². The Morgan fingerprint density at radius 1 is 1.33 bits per heavy atom. The van der Waals surface area contributed by atoms with Gasteiger partial charge in [-0.25, -0.2) is 0 Å². The van der Waals surface area contributed by atoms with Crippen LogP contribution in [0.2, 0.25) is 0 Å². The summed E-state index contributed by atoms with van der Waals surface area (Å²) >= 11 is 0. The number of nitrogen functional groups attached to an aromatic ring is 1. The van der Waals surface area contributed by atoms with Crippen molar-refractivity contribution < 1.29 is 9.53 Å². The molecule has 1 aliphatic carbocycles. The molecule has 4 nitrogen and oxygen atoms in total. The summed E-state index contributed by atoms with van der Waals surface area (Å²) in [7, 11) is 0. The van der Waals surface area contributed by atoms with Gasteiger partial charge in [-0.2, -0.15) is 0 Å². The van der Waals surface area contributed by atoms with Crippen LogP contribution in [0.25, 0.3) is 0 Å². The molecule has 2 rings (SSSR count). The number of hydrogen-bond donors (Lipinski definition) is 1. The summed E-state index contributed by atoms with van der Waals surface area (Å²) < 4.78 is 5.60. The number of nitrogens with two attached hydrogens (primary N) is 1. The van der Waals surface area contributed by atoms with Crippen LogP contribution in [0.1, 0.15) is 39.5 Å². The van der Waals surface area contributed by atoms with Crippen molar-refractivity contribution in [1.82, 2.24) is 4.90 Å². The predicted molar refractivity (Wildman–Crippen MR) is 85.2 cm³/mol. The lowest BCUT2D eigenvalue weighted by atomic mass is 10.1. The average Bonchev–Trinajstić information content (AvgIpc) is 2.97. The fraction of sp³-hybridized carbons (Fsp3) is 0.588. The minimum Gasteiger partial charge on any atom is -0.482 e. The van der Waals surface area contributed by atoms with Gasteiger partial charge in [0.15, 0.2) is 6.61 Å². The number of ether oxygens (including phenoxy) is 1. The third-order valence-electron chi connectivity index (χ3n) is 3.92. The van der Waals surface area contributed by atoms with Gasteiger partial charge in [0, 0.05) is 12.6 Å². The highest BCUT2D eigenvalue weighted by atomic mass is 16.5. The number of hydrogen-bond acceptors (Lipinski definition) is 3. The van der Waals surface area contributed by atoms with E-state index in [1.165, 1.54) is 12.8 Å². The van der Waals surface area contributed by atoms with Crippen LogP contribution in [0.4, 0.5) is 5.69 Å². The smallest absolute Gasteiger partial charge is 0.260 e. The Kier molecular flexibility index (Phi) is 5.48. The van der Waals surface area contributed by atoms with Crippen molar-refractivity contribution in [1.29, 1.82) is 0 Å². The van der Waals surface area contributed by atoms with Crippen molar-refractivity contribution in [3.63, 3.8) is 0 Å². The van der Waals surface area contributed by atoms with Gasteiger partial charge in [-0.15, -0.1) is 0 Å². The summed E-state index contributed by atoms with van der Waals surface area (Å²) in [6.45, 7) is 5.16. The lowest BCUT2D eigenvalue weighted by Crippen LogP contribution is -2.43. The molecule has 4 heteroatoms. The first kappa shape index (κ1) is 15.7. The van der Waals surface area contributed by atoms with Crippen molar-refractivity contribution in [2.75, 3.05) is 18.9 Å². The van der Waals surface area contributed by atoms with E-state index >= 15 is 0 Å². The van der Waals surface area contributed by atoms with Crippen molar-refractivity contribution in [3.8, 4) is 5.75 Å². The maximum Gasteiger partial charge on any atom is 0.260 e. The maximum absolute atomic E-state index is 12.5. The van der Waals surface area contributed by atoms with Crippen LogP contribution in [-0.4, -0.2) is 30.0 Å². The van der Waals surface area contributed by atoms with Gasteiger partial charge < -0.3 is 15.4 Å². The maximum atomic E-state index is 12.5. The van der Waals surface area contributed by atoms with Gasteiger partial charge in [-0.05, 0) is 30.9 Å². The van der Waals surface area contributed by atoms with Gasteiger partial charge in [0.05, 0.1) is 5.69 Å². The van der Waals surface area contributed by atoms with E-state index < -0.39 is 0 Å². The molecule has 0 atom stereocenters. The molecule has 0 heterocycles. The minimum atomic E-state index is 0.0669. The normalized spacial score (nSPS) is 15.4. The molecule has 1 fully saturated rings. The molecule has 1 aromatic carbocycles. The predicted octanol–water partition coefficient (Wildman–Crippen LogP) is 3.07. The first-order valence-corrected chi connectivity index (χ1v) is 7.84. The lowest BCUT2D eigenvalue weighted by Gasteiger charge is -2.30. The number of anilines is 1. The SMILES string of the molecule is CC(C)CN(C(=O)COc1ccccc1N)C1CCCC1. The number of para-hydroxylation sites is 2. The Hall–Kier alpha value is -1.71. The number of rotatable bonds is 6. The van der Waals surface area contributed by atoms with Crippen molar-refractivity contribution in [3.05, 3.63) is 24.3 Å². The van der Waals surface area contributed by atoms with Gasteiger partial charge in [-0.3, -0.25) is 4.79 Å². The largest absolute Gasteiger partial charge is 0.482 e. The first-order valence-electron chi connectivity index (χ1n) is 7.84. The van der Waals surface area contributed by atoms with Gasteiger partial charge in [0.2, 0.25) is 0 Å². The molecule has 1 amide bonds. The zero-order valence-electron chi connectivity index (χ0n) is 13.0. The van der Waals surface area contributed by atoms with E-state index in [9.17, 15) is 4.79 Å². The zero-order chi connectivity index (χ0) is 15.2. The molecule has 2 N–H and O–H groups in total. The molecule has 116 valence electrons. The van der Waals surface area contributed by atoms with Crippen LogP contribution in [0.3, 0.4) is 0 Å². The molecule has 1 saturated carbocycles. The average molecular weight is 290 g/mol. The summed E-state index contributed by atoms with van der Waals surface area (Å²) in [5.41, 5.74) is 6.41. The van der Waals surface area contributed by atoms with E-state index in [2.05, 4.69) is 13.8 Å². The van der Waals surface area contributed by atoms with Crippen LogP contribution in [0.15, 0.2) is 24.3 Å². The monoisotopic (exact) mass is 290 g/mol. The highest BCUT2D eigenvalue weighted by Crippen LogP contribution is 2.25. The van der Waals surface area contributed by atoms with Crippen molar-refractivity contribution in [2.45, 2.75) is 45.6 Å². The fourth-order valence-corrected chi connectivity index (χ4v) is 2.90. The zero-order valence-corrected chi connectivity index (χ0v) is 13.0. The number of carbonyl (C=O) groups excluding carboxylic acids is 1. The van der Waals surface area contributed by atoms with E-state index in [1.807, 2.05) is 17.0 Å². The number of benzene rings is 1. The second-order valence-corrected chi connectivity index (χ2v) is 6.20. The summed E-state index contributed by atoms with van der Waals surface area (Å²) in [4.78, 5) is 14.5. The molecular weight excluding hydrogens is 264 g/mol. The third kappa shape index (κ3) is 4.38. The molecule has 0 aliphatic heterocycles. The molecule has 0 unspecified atom stereocenters. The van der Waals surface area contributed by atoms with Gasteiger partial charge in [-0.1, -0.05) is 38.8 Å². The second-order valence-electron chi connectivity index (χ2n) is 6.20. The molecule has 1 aromatic rings. The van der Waals surface area contributed by atoms with E-state index in [-0.39, 0.29) is 12.5 Å². The summed E-state index contributed by atoms with van der Waals surface area (Å²) in [6.07, 6.45) is 4.68. The molecule has 0 aromatic heterocycles. The summed E-state index contributed by atoms with van der Waals surface area (Å²) in [5.74, 6) is 1.12. The molecular formula is C17H26N2O2. The van der Waals surface area contributed by atoms with Crippen LogP contribution in [0, 0.1) is 5.92 Å². The molecule has 0 saturated heterocycles. The molecule has 0 bridgehead atoms. The number of carbonyl (C=O) groups is 1. The Bertz CT molecular complexity index is 468. The third-order valence-corrected chi connectivity index (χ3v) is 3.92. The lowest BCUT2D eigenvalue weighted by molar-refractivity contribution is -0.136. The van der Waals surface area contributed by atoms with Gasteiger partial charge in [0.1, 0.15) is 5.75 Å². The van der Waals surface area contributed by atoms with Crippen LogP contribution < -0.4 is 10.5 Å². The topological polar surface area (TPSA) is 55.6 Å². The van der Waals surface area contributed by atoms with E-state index in [0.717, 1.165) is 19.4 Å². The molecule has 21 heavy (non-hydrogen) atoms. The van der Waals surface area contributed by atoms with Crippen LogP contribution in [0.5, 0.6) is 5.75 Å². The van der Waals surface area contributed by atoms with Gasteiger partial charge >= 0.3 is 0 Å². The Balaban J connectivity index is 1.96. The summed E-state index contributed by atoms with van der Waals surface area (Å²) in [5, 5.41) is 0. The molecule has 0 radical (unpaired) electrons. The highest BCUT2D eigenvalue weighted by molar-refractivity contribution is 5.78. The molecule has 0 spiro atoms. The minimum absolute atomic E-state index is 0.0669. The number of nitrogens with zero attached hydrogens (tertiary/aromatic N) is 1. The Labute approximate surface area is 127 Å². The fourth-order valence-electron chi connectivity index (χ4n) is 2.90. The highest BCUT2D eigenvalue weighted by Gasteiger charge is 2.27. The second kappa shape index (κ2) is 7.34. The quantitative estimate of drug-likeness (QED) is 0.819. The Morgan fingerprint density at radius 3 is 2.62 bits per heavy atom. The van der Waals surface area contributed by atoms with Crippen molar-refractivity contribution >= 4 is 11.6 Å². The summed E-state index contributed by atoms with van der Waals surface area (Å²) in [6, 6.07) is 7.68. The number of amides is 1. The molecule has 1 aliphatic rings. The van der Waals surface area contributed by atoms with E-state index in [1.54, 1.807) is 12.1 Å². The Morgan fingerprint density at radius 2 is 2.00 bits per heavy atom. The van der Waals surface area contributed by atoms with Gasteiger partial charge in [0.25, 0.3) is 5.91 Å². The standard InChI is InChI=1S/C17H26N2O2/c1-13(2)11-19(14-7-3-4-8-14)17(20)12-21-16-10-6-5-9-15(16)18/h5-6,9-10,13-14H,3-4,7-8,11-12,18H2,1-2H3. The van der Waals surface area contributed by atoms with Crippen LogP contribution >= 0.6 is 0 Å². The van der Waals surface area contributed by atoms with Crippen LogP contribution in [-0.2, 0) is 4.79 Å².